The Hall–Kier alpha value is -3.26. The molecule has 2 fully saturated rings. The van der Waals surface area contributed by atoms with Gasteiger partial charge in [-0.05, 0) is 57.0 Å². The summed E-state index contributed by atoms with van der Waals surface area (Å²) in [4.78, 5) is 34.1. The molecule has 2 aromatic carbocycles. The maximum absolute atomic E-state index is 14.1. The molecule has 1 unspecified atom stereocenters. The van der Waals surface area contributed by atoms with Crippen LogP contribution in [-0.2, 0) is 6.54 Å². The van der Waals surface area contributed by atoms with E-state index in [1.807, 2.05) is 41.3 Å². The van der Waals surface area contributed by atoms with Gasteiger partial charge in [-0.1, -0.05) is 18.6 Å². The number of H-pyrrole nitrogens is 1. The molecule has 2 aliphatic heterocycles. The molecule has 2 aliphatic rings. The van der Waals surface area contributed by atoms with Gasteiger partial charge in [0.15, 0.2) is 0 Å². The first-order valence-corrected chi connectivity index (χ1v) is 11.9. The van der Waals surface area contributed by atoms with Crippen molar-refractivity contribution < 1.29 is 14.3 Å². The number of benzene rings is 2. The van der Waals surface area contributed by atoms with Gasteiger partial charge < -0.3 is 24.3 Å². The molecular formula is C26H32N4O4. The zero-order valence-electron chi connectivity index (χ0n) is 20.0. The first-order valence-electron chi connectivity index (χ1n) is 11.9. The summed E-state index contributed by atoms with van der Waals surface area (Å²) in [7, 11) is 5.44. The standard InChI is InChI=1S/C26H32N4O4/c1-28-18-7-6-8-19(28)14-20(13-18)29(16-17-11-12-21(33-2)15-24(17)34-3)26(32)30-23-10-5-4-9-22(23)27-25(30)31/h4-5,9-12,15,18-20H,6-8,13-14,16H2,1-3H3,(H,27,31)/t18-,19+,20?. The lowest BCUT2D eigenvalue weighted by atomic mass is 9.81. The summed E-state index contributed by atoms with van der Waals surface area (Å²) in [6, 6.07) is 13.6. The average Bonchev–Trinajstić information content (AvgIpc) is 3.17. The molecule has 0 aliphatic carbocycles. The number of imidazole rings is 1. The fraction of sp³-hybridized carbons (Fsp3) is 0.462. The Balaban J connectivity index is 1.55. The summed E-state index contributed by atoms with van der Waals surface area (Å²) in [5, 5.41) is 0. The summed E-state index contributed by atoms with van der Waals surface area (Å²) < 4.78 is 12.3. The van der Waals surface area contributed by atoms with Crippen LogP contribution in [-0.4, -0.2) is 64.8 Å². The van der Waals surface area contributed by atoms with Crippen LogP contribution < -0.4 is 15.2 Å². The van der Waals surface area contributed by atoms with Crippen molar-refractivity contribution in [1.29, 1.82) is 0 Å². The summed E-state index contributed by atoms with van der Waals surface area (Å²) in [6.07, 6.45) is 5.31. The number of para-hydroxylation sites is 2. The molecule has 34 heavy (non-hydrogen) atoms. The maximum atomic E-state index is 14.1. The normalized spacial score (nSPS) is 22.5. The van der Waals surface area contributed by atoms with E-state index in [9.17, 15) is 9.59 Å². The van der Waals surface area contributed by atoms with Gasteiger partial charge in [0.25, 0.3) is 0 Å². The van der Waals surface area contributed by atoms with Crippen LogP contribution in [0.25, 0.3) is 11.0 Å². The minimum atomic E-state index is -0.411. The molecule has 5 rings (SSSR count). The van der Waals surface area contributed by atoms with E-state index >= 15 is 0 Å². The summed E-state index contributed by atoms with van der Waals surface area (Å²) in [5.74, 6) is 1.36. The van der Waals surface area contributed by atoms with Gasteiger partial charge in [0, 0.05) is 29.8 Å². The predicted octanol–water partition coefficient (Wildman–Crippen LogP) is 3.83. The number of piperidine rings is 2. The van der Waals surface area contributed by atoms with Crippen molar-refractivity contribution in [2.24, 2.45) is 0 Å². The zero-order chi connectivity index (χ0) is 23.8. The van der Waals surface area contributed by atoms with Crippen molar-refractivity contribution >= 4 is 17.1 Å². The number of hydrogen-bond acceptors (Lipinski definition) is 5. The van der Waals surface area contributed by atoms with Crippen molar-refractivity contribution in [3.05, 3.63) is 58.5 Å². The molecule has 0 radical (unpaired) electrons. The highest BCUT2D eigenvalue weighted by Crippen LogP contribution is 2.36. The van der Waals surface area contributed by atoms with Crippen LogP contribution in [0.2, 0.25) is 0 Å². The number of hydrogen-bond donors (Lipinski definition) is 1. The van der Waals surface area contributed by atoms with Gasteiger partial charge in [-0.2, -0.15) is 0 Å². The first kappa shape index (κ1) is 22.5. The molecule has 1 aromatic heterocycles. The number of ether oxygens (including phenoxy) is 2. The van der Waals surface area contributed by atoms with E-state index in [4.69, 9.17) is 9.47 Å². The van der Waals surface area contributed by atoms with E-state index in [2.05, 4.69) is 16.9 Å². The summed E-state index contributed by atoms with van der Waals surface area (Å²) in [5.41, 5.74) is 1.72. The lowest BCUT2D eigenvalue weighted by Gasteiger charge is -2.49. The van der Waals surface area contributed by atoms with Crippen molar-refractivity contribution in [2.75, 3.05) is 21.3 Å². The molecule has 8 nitrogen and oxygen atoms in total. The molecule has 1 amide bonds. The highest BCUT2D eigenvalue weighted by molar-refractivity contribution is 5.89. The number of nitrogens with one attached hydrogen (secondary N) is 1. The van der Waals surface area contributed by atoms with Gasteiger partial charge in [0.05, 0.1) is 31.8 Å². The number of nitrogens with zero attached hydrogens (tertiary/aromatic N) is 3. The van der Waals surface area contributed by atoms with Crippen LogP contribution in [0.5, 0.6) is 11.5 Å². The fourth-order valence-corrected chi connectivity index (χ4v) is 5.73. The number of fused-ring (bicyclic) bond motifs is 3. The van der Waals surface area contributed by atoms with E-state index in [0.717, 1.165) is 31.2 Å². The number of amides is 1. The van der Waals surface area contributed by atoms with Crippen molar-refractivity contribution in [3.63, 3.8) is 0 Å². The third-order valence-electron chi connectivity index (χ3n) is 7.62. The van der Waals surface area contributed by atoms with Crippen molar-refractivity contribution in [3.8, 4) is 11.5 Å². The Morgan fingerprint density at radius 3 is 2.53 bits per heavy atom. The molecule has 180 valence electrons. The van der Waals surface area contributed by atoms with Crippen LogP contribution in [0.15, 0.2) is 47.3 Å². The lowest BCUT2D eigenvalue weighted by Crippen LogP contribution is -2.57. The smallest absolute Gasteiger partial charge is 0.334 e. The molecule has 3 atom stereocenters. The largest absolute Gasteiger partial charge is 0.497 e. The van der Waals surface area contributed by atoms with Gasteiger partial charge >= 0.3 is 11.7 Å². The zero-order valence-corrected chi connectivity index (χ0v) is 20.0. The molecule has 0 spiro atoms. The van der Waals surface area contributed by atoms with Gasteiger partial charge in [-0.3, -0.25) is 0 Å². The lowest BCUT2D eigenvalue weighted by molar-refractivity contribution is 0.0182. The predicted molar refractivity (Wildman–Crippen MR) is 131 cm³/mol. The van der Waals surface area contributed by atoms with Gasteiger partial charge in [-0.15, -0.1) is 0 Å². The molecule has 8 heteroatoms. The number of aromatic amines is 1. The second kappa shape index (κ2) is 9.18. The summed E-state index contributed by atoms with van der Waals surface area (Å²) in [6.45, 7) is 0.353. The highest BCUT2D eigenvalue weighted by Gasteiger charge is 2.40. The molecule has 0 saturated carbocycles. The molecule has 3 heterocycles. The number of methoxy groups -OCH3 is 2. The summed E-state index contributed by atoms with van der Waals surface area (Å²) >= 11 is 0. The Morgan fingerprint density at radius 2 is 1.82 bits per heavy atom. The molecule has 2 bridgehead atoms. The Morgan fingerprint density at radius 1 is 1.09 bits per heavy atom. The van der Waals surface area contributed by atoms with Gasteiger partial charge in [0.2, 0.25) is 0 Å². The van der Waals surface area contributed by atoms with Crippen LogP contribution >= 0.6 is 0 Å². The van der Waals surface area contributed by atoms with Crippen molar-refractivity contribution in [1.82, 2.24) is 19.4 Å². The molecule has 2 saturated heterocycles. The van der Waals surface area contributed by atoms with Gasteiger partial charge in [-0.25, -0.2) is 14.2 Å². The minimum absolute atomic E-state index is 0.0337. The molecule has 1 N–H and O–H groups in total. The van der Waals surface area contributed by atoms with Crippen LogP contribution in [0.1, 0.15) is 37.7 Å². The fourth-order valence-electron chi connectivity index (χ4n) is 5.73. The molecule has 3 aromatic rings. The monoisotopic (exact) mass is 464 g/mol. The van der Waals surface area contributed by atoms with Crippen LogP contribution in [0.4, 0.5) is 4.79 Å². The van der Waals surface area contributed by atoms with Crippen LogP contribution in [0, 0.1) is 0 Å². The minimum Gasteiger partial charge on any atom is -0.497 e. The number of carbonyl (C=O) groups excluding carboxylic acids is 1. The maximum Gasteiger partial charge on any atom is 0.334 e. The first-order chi connectivity index (χ1) is 16.5. The average molecular weight is 465 g/mol. The van der Waals surface area contributed by atoms with E-state index in [-0.39, 0.29) is 12.1 Å². The third-order valence-corrected chi connectivity index (χ3v) is 7.62. The third kappa shape index (κ3) is 3.96. The van der Waals surface area contributed by atoms with Crippen molar-refractivity contribution in [2.45, 2.75) is 56.8 Å². The van der Waals surface area contributed by atoms with E-state index < -0.39 is 5.69 Å². The second-order valence-electron chi connectivity index (χ2n) is 9.40. The van der Waals surface area contributed by atoms with Crippen LogP contribution in [0.3, 0.4) is 0 Å². The Kier molecular flexibility index (Phi) is 6.08. The molecular weight excluding hydrogens is 432 g/mol. The number of carbonyl (C=O) groups is 1. The second-order valence-corrected chi connectivity index (χ2v) is 9.40. The Bertz CT molecular complexity index is 1240. The van der Waals surface area contributed by atoms with E-state index in [1.54, 1.807) is 20.3 Å². The van der Waals surface area contributed by atoms with Gasteiger partial charge in [0.1, 0.15) is 11.5 Å². The topological polar surface area (TPSA) is 79.8 Å². The number of aromatic nitrogens is 2. The Labute approximate surface area is 199 Å². The highest BCUT2D eigenvalue weighted by atomic mass is 16.5. The quantitative estimate of drug-likeness (QED) is 0.621. The number of rotatable bonds is 5. The van der Waals surface area contributed by atoms with E-state index in [1.165, 1.54) is 11.0 Å². The van der Waals surface area contributed by atoms with E-state index in [0.29, 0.717) is 41.2 Å². The SMILES string of the molecule is COc1ccc(CN(C(=O)n2c(=O)[nH]c3ccccc32)C2C[C@H]3CCC[C@@H](C2)N3C)c(OC)c1.